The lowest BCUT2D eigenvalue weighted by Gasteiger charge is -2.17. The minimum atomic E-state index is -4.82. The van der Waals surface area contributed by atoms with E-state index >= 15 is 0 Å². The second-order valence-electron chi connectivity index (χ2n) is 6.63. The first-order valence-corrected chi connectivity index (χ1v) is 10.9. The maximum Gasteiger partial charge on any atom is 0.404 e. The molecule has 0 saturated heterocycles. The van der Waals surface area contributed by atoms with Crippen LogP contribution in [0.4, 0.5) is 28.9 Å². The van der Waals surface area contributed by atoms with Gasteiger partial charge in [-0.05, 0) is 24.3 Å². The molecule has 0 radical (unpaired) electrons. The third-order valence-corrected chi connectivity index (χ3v) is 4.79. The Labute approximate surface area is 184 Å². The van der Waals surface area contributed by atoms with Gasteiger partial charge in [0, 0.05) is 22.6 Å². The molecule has 8 nitrogen and oxygen atoms in total. The molecule has 32 heavy (non-hydrogen) atoms. The van der Waals surface area contributed by atoms with E-state index < -0.39 is 45.4 Å². The number of halogens is 5. The molecule has 3 aromatic rings. The zero-order chi connectivity index (χ0) is 23.7. The van der Waals surface area contributed by atoms with Crippen molar-refractivity contribution in [2.45, 2.75) is 12.1 Å². The fourth-order valence-electron chi connectivity index (χ4n) is 2.78. The summed E-state index contributed by atoms with van der Waals surface area (Å²) in [6.07, 6.45) is -1.63. The van der Waals surface area contributed by atoms with Gasteiger partial charge in [0.05, 0.1) is 29.9 Å². The van der Waals surface area contributed by atoms with Gasteiger partial charge < -0.3 is 10.3 Å². The van der Waals surface area contributed by atoms with Gasteiger partial charge in [0.1, 0.15) is 5.82 Å². The summed E-state index contributed by atoms with van der Waals surface area (Å²) < 4.78 is 78.8. The number of alkyl halides is 3. The zero-order valence-electron chi connectivity index (χ0n) is 16.0. The van der Waals surface area contributed by atoms with Crippen LogP contribution in [-0.4, -0.2) is 41.7 Å². The predicted molar refractivity (Wildman–Crippen MR) is 109 cm³/mol. The summed E-state index contributed by atoms with van der Waals surface area (Å²) in [6.45, 7) is 0. The molecule has 0 bridgehead atoms. The molecule has 14 heteroatoms. The molecule has 0 aliphatic carbocycles. The van der Waals surface area contributed by atoms with Gasteiger partial charge in [0.15, 0.2) is 11.7 Å². The molecule has 1 aromatic carbocycles. The van der Waals surface area contributed by atoms with E-state index in [0.29, 0.717) is 12.4 Å². The first-order valence-electron chi connectivity index (χ1n) is 8.64. The first kappa shape index (κ1) is 23.5. The Morgan fingerprint density at radius 2 is 1.75 bits per heavy atom. The van der Waals surface area contributed by atoms with Crippen molar-refractivity contribution >= 4 is 38.9 Å². The van der Waals surface area contributed by atoms with E-state index in [1.807, 2.05) is 0 Å². The van der Waals surface area contributed by atoms with Gasteiger partial charge in [-0.15, -0.1) is 0 Å². The van der Waals surface area contributed by atoms with Crippen molar-refractivity contribution in [2.24, 2.45) is 0 Å². The molecule has 3 rings (SSSR count). The van der Waals surface area contributed by atoms with E-state index in [0.717, 1.165) is 18.5 Å². The van der Waals surface area contributed by atoms with Crippen LogP contribution < -0.4 is 10.0 Å². The summed E-state index contributed by atoms with van der Waals surface area (Å²) >= 11 is 5.93. The number of sulfonamides is 1. The van der Waals surface area contributed by atoms with Crippen molar-refractivity contribution in [3.8, 4) is 0 Å². The molecule has 0 aliphatic heterocycles. The molecule has 0 fully saturated rings. The summed E-state index contributed by atoms with van der Waals surface area (Å²) in [5.41, 5.74) is -0.407. The van der Waals surface area contributed by atoms with E-state index in [1.54, 1.807) is 0 Å². The van der Waals surface area contributed by atoms with E-state index in [4.69, 9.17) is 11.6 Å². The number of carbonyl (C=O) groups is 1. The number of aromatic amines is 1. The SMILES string of the molecule is CS(=O)(=O)Nc1cc(Cl)cc(NC(=O)c2c[nH]c(C(c3ncc(F)cn3)C(F)(F)F)c2)c1. The highest BCUT2D eigenvalue weighted by Gasteiger charge is 2.45. The Morgan fingerprint density at radius 3 is 2.34 bits per heavy atom. The fourth-order valence-corrected chi connectivity index (χ4v) is 3.56. The average Bonchev–Trinajstić information content (AvgIpc) is 3.10. The lowest BCUT2D eigenvalue weighted by molar-refractivity contribution is -0.143. The highest BCUT2D eigenvalue weighted by atomic mass is 35.5. The number of hydrogen-bond acceptors (Lipinski definition) is 5. The monoisotopic (exact) mass is 491 g/mol. The molecule has 170 valence electrons. The predicted octanol–water partition coefficient (Wildman–Crippen LogP) is 3.92. The number of rotatable bonds is 6. The van der Waals surface area contributed by atoms with Crippen LogP contribution in [0.1, 0.15) is 27.8 Å². The van der Waals surface area contributed by atoms with Crippen LogP contribution in [0.5, 0.6) is 0 Å². The molecule has 0 saturated carbocycles. The second-order valence-corrected chi connectivity index (χ2v) is 8.82. The van der Waals surface area contributed by atoms with Gasteiger partial charge >= 0.3 is 6.18 Å². The minimum absolute atomic E-state index is 0.0793. The summed E-state index contributed by atoms with van der Waals surface area (Å²) in [6, 6.07) is 4.87. The summed E-state index contributed by atoms with van der Waals surface area (Å²) in [7, 11) is -3.61. The number of benzene rings is 1. The molecule has 2 aromatic heterocycles. The highest BCUT2D eigenvalue weighted by Crippen LogP contribution is 2.38. The van der Waals surface area contributed by atoms with Gasteiger partial charge in [0.25, 0.3) is 5.91 Å². The Bertz CT molecular complexity index is 1250. The first-order chi connectivity index (χ1) is 14.8. The maximum absolute atomic E-state index is 13.6. The van der Waals surface area contributed by atoms with Crippen LogP contribution in [0.3, 0.4) is 0 Å². The number of amides is 1. The number of carbonyl (C=O) groups excluding carboxylic acids is 1. The lowest BCUT2D eigenvalue weighted by Crippen LogP contribution is -2.24. The van der Waals surface area contributed by atoms with Crippen molar-refractivity contribution in [3.05, 3.63) is 70.8 Å². The van der Waals surface area contributed by atoms with E-state index in [9.17, 15) is 30.8 Å². The Hall–Kier alpha value is -3.19. The molecule has 1 unspecified atom stereocenters. The number of nitrogens with one attached hydrogen (secondary N) is 3. The number of aromatic nitrogens is 3. The van der Waals surface area contributed by atoms with Gasteiger partial charge in [-0.3, -0.25) is 9.52 Å². The van der Waals surface area contributed by atoms with Crippen LogP contribution >= 0.6 is 11.6 Å². The van der Waals surface area contributed by atoms with Crippen molar-refractivity contribution < 1.29 is 30.8 Å². The fraction of sp³-hybridized carbons (Fsp3) is 0.167. The van der Waals surface area contributed by atoms with Gasteiger partial charge in [-0.25, -0.2) is 22.8 Å². The van der Waals surface area contributed by atoms with Crippen molar-refractivity contribution in [2.75, 3.05) is 16.3 Å². The average molecular weight is 492 g/mol. The van der Waals surface area contributed by atoms with E-state index in [-0.39, 0.29) is 22.0 Å². The zero-order valence-corrected chi connectivity index (χ0v) is 17.6. The summed E-state index contributed by atoms with van der Waals surface area (Å²) in [5, 5.41) is 2.53. The quantitative estimate of drug-likeness (QED) is 0.452. The summed E-state index contributed by atoms with van der Waals surface area (Å²) in [5.74, 6) is -4.70. The largest absolute Gasteiger partial charge is 0.404 e. The highest BCUT2D eigenvalue weighted by molar-refractivity contribution is 7.92. The number of nitrogens with zero attached hydrogens (tertiary/aromatic N) is 2. The number of H-pyrrole nitrogens is 1. The topological polar surface area (TPSA) is 117 Å². The molecule has 0 spiro atoms. The second kappa shape index (κ2) is 8.74. The normalized spacial score (nSPS) is 12.9. The third kappa shape index (κ3) is 5.95. The van der Waals surface area contributed by atoms with Crippen LogP contribution in [0.25, 0.3) is 0 Å². The number of anilines is 2. The van der Waals surface area contributed by atoms with Crippen LogP contribution in [-0.2, 0) is 10.0 Å². The van der Waals surface area contributed by atoms with Gasteiger partial charge in [-0.1, -0.05) is 11.6 Å². The molecule has 3 N–H and O–H groups in total. The van der Waals surface area contributed by atoms with Crippen LogP contribution in [0, 0.1) is 5.82 Å². The minimum Gasteiger partial charge on any atom is -0.363 e. The van der Waals surface area contributed by atoms with Crippen molar-refractivity contribution in [1.29, 1.82) is 0 Å². The number of hydrogen-bond donors (Lipinski definition) is 3. The molecular weight excluding hydrogens is 478 g/mol. The smallest absolute Gasteiger partial charge is 0.363 e. The van der Waals surface area contributed by atoms with Crippen LogP contribution in [0.2, 0.25) is 5.02 Å². The Morgan fingerprint density at radius 1 is 1.12 bits per heavy atom. The van der Waals surface area contributed by atoms with Gasteiger partial charge in [0.2, 0.25) is 10.0 Å². The standard InChI is InChI=1S/C18H14ClF4N5O3S/c1-32(30,31)28-13-4-10(19)3-12(5-13)27-17(29)9-2-14(24-6-9)15(18(21,22)23)16-25-7-11(20)8-26-16/h2-8,15,24,28H,1H3,(H,27,29). The molecule has 2 heterocycles. The van der Waals surface area contributed by atoms with Gasteiger partial charge in [-0.2, -0.15) is 13.2 Å². The lowest BCUT2D eigenvalue weighted by atomic mass is 10.0. The molecule has 1 atom stereocenters. The Balaban J connectivity index is 1.86. The van der Waals surface area contributed by atoms with Crippen LogP contribution in [0.15, 0.2) is 42.9 Å². The van der Waals surface area contributed by atoms with E-state index in [2.05, 4.69) is 25.0 Å². The molecular formula is C18H14ClF4N5O3S. The van der Waals surface area contributed by atoms with E-state index in [1.165, 1.54) is 18.2 Å². The third-order valence-electron chi connectivity index (χ3n) is 3.96. The Kier molecular flexibility index (Phi) is 6.41. The molecule has 1 amide bonds. The summed E-state index contributed by atoms with van der Waals surface area (Å²) in [4.78, 5) is 21.7. The molecule has 0 aliphatic rings. The van der Waals surface area contributed by atoms with Crippen molar-refractivity contribution in [3.63, 3.8) is 0 Å². The van der Waals surface area contributed by atoms with Crippen molar-refractivity contribution in [1.82, 2.24) is 15.0 Å². The maximum atomic E-state index is 13.6.